The third-order valence-electron chi connectivity index (χ3n) is 6.42. The monoisotopic (exact) mass is 437 g/mol. The number of amides is 1. The van der Waals surface area contributed by atoms with Crippen molar-refractivity contribution in [3.05, 3.63) is 41.7 Å². The van der Waals surface area contributed by atoms with E-state index in [0.717, 1.165) is 29.0 Å². The van der Waals surface area contributed by atoms with Gasteiger partial charge in [-0.3, -0.25) is 9.36 Å². The molecule has 1 aromatic heterocycles. The molecule has 0 radical (unpaired) electrons. The first-order chi connectivity index (χ1) is 15.5. The highest BCUT2D eigenvalue weighted by atomic mass is 16.5. The summed E-state index contributed by atoms with van der Waals surface area (Å²) in [5.74, 6) is 2.95. The number of nitrogens with one attached hydrogen (secondary N) is 1. The van der Waals surface area contributed by atoms with Crippen molar-refractivity contribution in [2.24, 2.45) is 5.92 Å². The molecule has 170 valence electrons. The summed E-state index contributed by atoms with van der Waals surface area (Å²) < 4.78 is 18.5. The summed E-state index contributed by atoms with van der Waals surface area (Å²) >= 11 is 0. The molecule has 3 aromatic rings. The fourth-order valence-electron chi connectivity index (χ4n) is 4.65. The van der Waals surface area contributed by atoms with Gasteiger partial charge >= 0.3 is 0 Å². The van der Waals surface area contributed by atoms with Crippen molar-refractivity contribution < 1.29 is 19.0 Å². The number of rotatable bonds is 6. The Hall–Kier alpha value is -3.22. The average Bonchev–Trinajstić information content (AvgIpc) is 3.14. The van der Waals surface area contributed by atoms with Crippen LogP contribution in [0.25, 0.3) is 16.7 Å². The normalized spacial score (nSPS) is 18.4. The number of benzene rings is 2. The number of aromatic nitrogens is 2. The van der Waals surface area contributed by atoms with Crippen LogP contribution in [0.4, 0.5) is 0 Å². The van der Waals surface area contributed by atoms with E-state index < -0.39 is 0 Å². The molecule has 0 aliphatic heterocycles. The van der Waals surface area contributed by atoms with Gasteiger partial charge in [-0.25, -0.2) is 4.98 Å². The Balaban J connectivity index is 1.70. The molecule has 2 aromatic carbocycles. The van der Waals surface area contributed by atoms with Gasteiger partial charge in [0.15, 0.2) is 11.5 Å². The van der Waals surface area contributed by atoms with Gasteiger partial charge in [0.1, 0.15) is 5.82 Å². The van der Waals surface area contributed by atoms with Gasteiger partial charge in [-0.1, -0.05) is 19.8 Å². The van der Waals surface area contributed by atoms with Crippen LogP contribution in [0.2, 0.25) is 0 Å². The van der Waals surface area contributed by atoms with Crippen LogP contribution in [0, 0.1) is 12.8 Å². The second kappa shape index (κ2) is 9.10. The summed E-state index contributed by atoms with van der Waals surface area (Å²) in [6, 6.07) is 9.68. The van der Waals surface area contributed by atoms with Gasteiger partial charge in [-0.05, 0) is 43.9 Å². The summed E-state index contributed by atoms with van der Waals surface area (Å²) in [5.41, 5.74) is 3.14. The van der Waals surface area contributed by atoms with E-state index in [1.54, 1.807) is 21.3 Å². The second-order valence-electron chi connectivity index (χ2n) is 8.42. The highest BCUT2D eigenvalue weighted by molar-refractivity contribution is 5.97. The lowest BCUT2D eigenvalue weighted by molar-refractivity contribution is 0.0910. The minimum atomic E-state index is -0.0364. The molecule has 4 rings (SSSR count). The summed E-state index contributed by atoms with van der Waals surface area (Å²) in [5, 5.41) is 3.23. The van der Waals surface area contributed by atoms with E-state index in [1.165, 1.54) is 19.3 Å². The minimum absolute atomic E-state index is 0.0364. The van der Waals surface area contributed by atoms with Crippen molar-refractivity contribution in [2.75, 3.05) is 21.3 Å². The molecule has 1 fully saturated rings. The van der Waals surface area contributed by atoms with E-state index in [0.29, 0.717) is 28.7 Å². The zero-order valence-electron chi connectivity index (χ0n) is 19.4. The molecule has 7 nitrogen and oxygen atoms in total. The number of hydrogen-bond donors (Lipinski definition) is 1. The van der Waals surface area contributed by atoms with Gasteiger partial charge < -0.3 is 19.5 Å². The number of aryl methyl sites for hydroxylation is 1. The van der Waals surface area contributed by atoms with Crippen LogP contribution in [0.1, 0.15) is 48.8 Å². The lowest BCUT2D eigenvalue weighted by Gasteiger charge is -2.29. The smallest absolute Gasteiger partial charge is 0.251 e. The summed E-state index contributed by atoms with van der Waals surface area (Å²) in [6.45, 7) is 4.16. The number of methoxy groups -OCH3 is 3. The first-order valence-corrected chi connectivity index (χ1v) is 11.1. The van der Waals surface area contributed by atoms with Crippen molar-refractivity contribution in [1.29, 1.82) is 0 Å². The average molecular weight is 438 g/mol. The molecule has 1 N–H and O–H groups in total. The molecule has 1 saturated carbocycles. The van der Waals surface area contributed by atoms with E-state index >= 15 is 0 Å². The number of ether oxygens (including phenoxy) is 3. The topological polar surface area (TPSA) is 74.6 Å². The highest BCUT2D eigenvalue weighted by Crippen LogP contribution is 2.40. The molecule has 1 heterocycles. The maximum Gasteiger partial charge on any atom is 0.251 e. The Morgan fingerprint density at radius 3 is 2.34 bits per heavy atom. The van der Waals surface area contributed by atoms with Crippen LogP contribution in [0.3, 0.4) is 0 Å². The van der Waals surface area contributed by atoms with Crippen molar-refractivity contribution >= 4 is 16.9 Å². The standard InChI is InChI=1S/C25H31N3O4/c1-15-8-6-7-9-19(15)27-25(29)17-10-11-21-20(12-17)26-16(2)28(21)18-13-22(30-3)24(32-5)23(14-18)31-4/h10-15,19H,6-9H2,1-5H3,(H,27,29). The van der Waals surface area contributed by atoms with Crippen molar-refractivity contribution in [3.8, 4) is 22.9 Å². The second-order valence-corrected chi connectivity index (χ2v) is 8.42. The molecule has 32 heavy (non-hydrogen) atoms. The predicted molar refractivity (Wildman–Crippen MR) is 124 cm³/mol. The zero-order chi connectivity index (χ0) is 22.8. The van der Waals surface area contributed by atoms with Crippen LogP contribution in [0.15, 0.2) is 30.3 Å². The van der Waals surface area contributed by atoms with Gasteiger partial charge in [-0.2, -0.15) is 0 Å². The first-order valence-electron chi connectivity index (χ1n) is 11.1. The maximum absolute atomic E-state index is 12.9. The SMILES string of the molecule is COc1cc(-n2c(C)nc3cc(C(=O)NC4CCCCC4C)ccc32)cc(OC)c1OC. The van der Waals surface area contributed by atoms with Gasteiger partial charge in [0, 0.05) is 23.7 Å². The molecule has 0 saturated heterocycles. The van der Waals surface area contributed by atoms with Crippen LogP contribution >= 0.6 is 0 Å². The number of nitrogens with zero attached hydrogens (tertiary/aromatic N) is 2. The highest BCUT2D eigenvalue weighted by Gasteiger charge is 2.24. The number of imidazole rings is 1. The Bertz CT molecular complexity index is 1110. The Morgan fingerprint density at radius 1 is 1.03 bits per heavy atom. The molecule has 1 aliphatic carbocycles. The molecule has 7 heteroatoms. The van der Waals surface area contributed by atoms with Crippen molar-refractivity contribution in [1.82, 2.24) is 14.9 Å². The van der Waals surface area contributed by atoms with Gasteiger partial charge in [0.25, 0.3) is 5.91 Å². The lowest BCUT2D eigenvalue weighted by atomic mass is 9.86. The van der Waals surface area contributed by atoms with E-state index in [1.807, 2.05) is 41.8 Å². The fourth-order valence-corrected chi connectivity index (χ4v) is 4.65. The van der Waals surface area contributed by atoms with Crippen molar-refractivity contribution in [2.45, 2.75) is 45.6 Å². The van der Waals surface area contributed by atoms with E-state index in [4.69, 9.17) is 19.2 Å². The quantitative estimate of drug-likeness (QED) is 0.607. The summed E-state index contributed by atoms with van der Waals surface area (Å²) in [4.78, 5) is 17.6. The first kappa shape index (κ1) is 22.0. The molecule has 2 atom stereocenters. The van der Waals surface area contributed by atoms with Crippen molar-refractivity contribution in [3.63, 3.8) is 0 Å². The van der Waals surface area contributed by atoms with E-state index in [-0.39, 0.29) is 11.9 Å². The van der Waals surface area contributed by atoms with Crippen LogP contribution < -0.4 is 19.5 Å². The Labute approximate surface area is 188 Å². The van der Waals surface area contributed by atoms with E-state index in [9.17, 15) is 4.79 Å². The Kier molecular flexibility index (Phi) is 6.26. The third kappa shape index (κ3) is 3.99. The predicted octanol–water partition coefficient (Wildman–Crippen LogP) is 4.67. The Morgan fingerprint density at radius 2 is 1.72 bits per heavy atom. The van der Waals surface area contributed by atoms with Crippen LogP contribution in [0.5, 0.6) is 17.2 Å². The lowest BCUT2D eigenvalue weighted by Crippen LogP contribution is -2.41. The molecule has 0 bridgehead atoms. The van der Waals surface area contributed by atoms with E-state index in [2.05, 4.69) is 12.2 Å². The zero-order valence-corrected chi connectivity index (χ0v) is 19.4. The molecule has 1 amide bonds. The number of carbonyl (C=O) groups is 1. The fraction of sp³-hybridized carbons (Fsp3) is 0.440. The number of hydrogen-bond acceptors (Lipinski definition) is 5. The molecule has 2 unspecified atom stereocenters. The maximum atomic E-state index is 12.9. The number of fused-ring (bicyclic) bond motifs is 1. The molecular formula is C25H31N3O4. The third-order valence-corrected chi connectivity index (χ3v) is 6.42. The van der Waals surface area contributed by atoms with Gasteiger partial charge in [0.05, 0.1) is 38.1 Å². The minimum Gasteiger partial charge on any atom is -0.493 e. The largest absolute Gasteiger partial charge is 0.493 e. The van der Waals surface area contributed by atoms with Crippen LogP contribution in [-0.4, -0.2) is 42.8 Å². The van der Waals surface area contributed by atoms with Crippen LogP contribution in [-0.2, 0) is 0 Å². The molecular weight excluding hydrogens is 406 g/mol. The molecule has 1 aliphatic rings. The van der Waals surface area contributed by atoms with Gasteiger partial charge in [0.2, 0.25) is 5.75 Å². The summed E-state index contributed by atoms with van der Waals surface area (Å²) in [6.07, 6.45) is 4.64. The summed E-state index contributed by atoms with van der Waals surface area (Å²) in [7, 11) is 4.77. The number of carbonyl (C=O) groups excluding carboxylic acids is 1. The molecule has 0 spiro atoms. The van der Waals surface area contributed by atoms with Gasteiger partial charge in [-0.15, -0.1) is 0 Å².